The highest BCUT2D eigenvalue weighted by atomic mass is 16.5. The summed E-state index contributed by atoms with van der Waals surface area (Å²) in [5.74, 6) is 0. The van der Waals surface area contributed by atoms with Crippen molar-refractivity contribution in [2.45, 2.75) is 76.2 Å². The first-order chi connectivity index (χ1) is 11.4. The summed E-state index contributed by atoms with van der Waals surface area (Å²) in [6.07, 6.45) is 5.62. The van der Waals surface area contributed by atoms with Crippen LogP contribution < -0.4 is 5.32 Å². The summed E-state index contributed by atoms with van der Waals surface area (Å²) in [6.45, 7) is 9.45. The van der Waals surface area contributed by atoms with Crippen LogP contribution in [0, 0.1) is 0 Å². The normalized spacial score (nSPS) is 29.8. The zero-order valence-electron chi connectivity index (χ0n) is 15.3. The maximum Gasteiger partial charge on any atom is 0.317 e. The lowest BCUT2D eigenvalue weighted by atomic mass is 9.94. The third-order valence-electron chi connectivity index (χ3n) is 5.19. The van der Waals surface area contributed by atoms with E-state index in [0.29, 0.717) is 26.3 Å². The standard InChI is InChI=1S/C18H32N2O4/c1-14(10-23-15-6-9-22-11-15)19-16(21)20-12-17(2,3)24-18(13-20)7-4-5-8-18/h14-15H,4-13H2,1-3H3,(H,19,21)/t14-,15+/m0/s1. The summed E-state index contributed by atoms with van der Waals surface area (Å²) in [6, 6.07) is -0.0139. The predicted octanol–water partition coefficient (Wildman–Crippen LogP) is 2.31. The molecule has 0 aromatic heterocycles. The van der Waals surface area contributed by atoms with Crippen LogP contribution in [0.5, 0.6) is 0 Å². The van der Waals surface area contributed by atoms with Gasteiger partial charge >= 0.3 is 6.03 Å². The Hall–Kier alpha value is -0.850. The van der Waals surface area contributed by atoms with E-state index in [1.165, 1.54) is 12.8 Å². The van der Waals surface area contributed by atoms with Gasteiger partial charge in [0, 0.05) is 6.61 Å². The van der Waals surface area contributed by atoms with E-state index in [1.807, 2.05) is 11.8 Å². The average molecular weight is 340 g/mol. The monoisotopic (exact) mass is 340 g/mol. The van der Waals surface area contributed by atoms with Crippen molar-refractivity contribution in [1.29, 1.82) is 0 Å². The molecule has 3 rings (SSSR count). The fourth-order valence-electron chi connectivity index (χ4n) is 4.21. The van der Waals surface area contributed by atoms with Crippen molar-refractivity contribution < 1.29 is 19.0 Å². The molecule has 2 aliphatic heterocycles. The van der Waals surface area contributed by atoms with Gasteiger partial charge in [0.1, 0.15) is 0 Å². The van der Waals surface area contributed by atoms with E-state index >= 15 is 0 Å². The van der Waals surface area contributed by atoms with Gasteiger partial charge in [0.25, 0.3) is 0 Å². The van der Waals surface area contributed by atoms with Crippen molar-refractivity contribution in [2.24, 2.45) is 0 Å². The highest BCUT2D eigenvalue weighted by molar-refractivity contribution is 5.74. The summed E-state index contributed by atoms with van der Waals surface area (Å²) in [7, 11) is 0. The minimum Gasteiger partial charge on any atom is -0.379 e. The molecule has 3 aliphatic rings. The van der Waals surface area contributed by atoms with E-state index in [4.69, 9.17) is 14.2 Å². The molecule has 24 heavy (non-hydrogen) atoms. The minimum absolute atomic E-state index is 0.00331. The molecule has 2 heterocycles. The second-order valence-corrected chi connectivity index (χ2v) is 8.28. The number of hydrogen-bond donors (Lipinski definition) is 1. The molecule has 0 radical (unpaired) electrons. The molecule has 138 valence electrons. The van der Waals surface area contributed by atoms with Crippen LogP contribution in [0.2, 0.25) is 0 Å². The molecule has 1 saturated carbocycles. The molecule has 2 amide bonds. The number of hydrogen-bond acceptors (Lipinski definition) is 4. The number of ether oxygens (including phenoxy) is 3. The Morgan fingerprint density at radius 2 is 2.08 bits per heavy atom. The molecule has 0 unspecified atom stereocenters. The Bertz CT molecular complexity index is 442. The van der Waals surface area contributed by atoms with Crippen molar-refractivity contribution in [1.82, 2.24) is 10.2 Å². The maximum absolute atomic E-state index is 12.7. The van der Waals surface area contributed by atoms with Crippen LogP contribution in [0.4, 0.5) is 4.79 Å². The summed E-state index contributed by atoms with van der Waals surface area (Å²) >= 11 is 0. The number of nitrogens with one attached hydrogen (secondary N) is 1. The van der Waals surface area contributed by atoms with Gasteiger partial charge in [0.05, 0.1) is 49.7 Å². The second-order valence-electron chi connectivity index (χ2n) is 8.28. The molecule has 0 aromatic carbocycles. The zero-order chi connectivity index (χ0) is 17.2. The summed E-state index contributed by atoms with van der Waals surface area (Å²) in [4.78, 5) is 14.6. The molecule has 6 heteroatoms. The fraction of sp³-hybridized carbons (Fsp3) is 0.944. The van der Waals surface area contributed by atoms with Crippen LogP contribution in [0.1, 0.15) is 52.9 Å². The molecule has 3 fully saturated rings. The Morgan fingerprint density at radius 1 is 1.33 bits per heavy atom. The number of carbonyl (C=O) groups excluding carboxylic acids is 1. The largest absolute Gasteiger partial charge is 0.379 e. The molecule has 1 spiro atoms. The van der Waals surface area contributed by atoms with Crippen LogP contribution >= 0.6 is 0 Å². The average Bonchev–Trinajstić information content (AvgIpc) is 3.15. The minimum atomic E-state index is -0.291. The van der Waals surface area contributed by atoms with Crippen molar-refractivity contribution in [2.75, 3.05) is 32.9 Å². The van der Waals surface area contributed by atoms with Crippen molar-refractivity contribution in [3.05, 3.63) is 0 Å². The van der Waals surface area contributed by atoms with Gasteiger partial charge in [-0.05, 0) is 40.0 Å². The highest BCUT2D eigenvalue weighted by Gasteiger charge is 2.47. The van der Waals surface area contributed by atoms with E-state index in [-0.39, 0.29) is 29.4 Å². The van der Waals surface area contributed by atoms with Gasteiger partial charge in [0.2, 0.25) is 0 Å². The van der Waals surface area contributed by atoms with Crippen molar-refractivity contribution in [3.8, 4) is 0 Å². The number of urea groups is 1. The number of morpholine rings is 1. The molecular weight excluding hydrogens is 308 g/mol. The number of rotatable bonds is 4. The third-order valence-corrected chi connectivity index (χ3v) is 5.19. The lowest BCUT2D eigenvalue weighted by Gasteiger charge is -2.48. The zero-order valence-corrected chi connectivity index (χ0v) is 15.3. The van der Waals surface area contributed by atoms with Gasteiger partial charge in [-0.1, -0.05) is 12.8 Å². The fourth-order valence-corrected chi connectivity index (χ4v) is 4.21. The second kappa shape index (κ2) is 7.18. The van der Waals surface area contributed by atoms with Crippen LogP contribution in [-0.4, -0.2) is 67.2 Å². The van der Waals surface area contributed by atoms with Gasteiger partial charge in [-0.25, -0.2) is 4.79 Å². The first kappa shape index (κ1) is 18.0. The molecule has 1 aliphatic carbocycles. The highest BCUT2D eigenvalue weighted by Crippen LogP contribution is 2.40. The van der Waals surface area contributed by atoms with Gasteiger partial charge in [-0.15, -0.1) is 0 Å². The Labute approximate surface area is 145 Å². The van der Waals surface area contributed by atoms with Gasteiger partial charge in [-0.3, -0.25) is 0 Å². The summed E-state index contributed by atoms with van der Waals surface area (Å²) in [5, 5.41) is 3.08. The van der Waals surface area contributed by atoms with Gasteiger partial charge in [-0.2, -0.15) is 0 Å². The summed E-state index contributed by atoms with van der Waals surface area (Å²) < 4.78 is 17.5. The molecule has 0 bridgehead atoms. The van der Waals surface area contributed by atoms with Crippen molar-refractivity contribution in [3.63, 3.8) is 0 Å². The first-order valence-electron chi connectivity index (χ1n) is 9.33. The smallest absolute Gasteiger partial charge is 0.317 e. The Morgan fingerprint density at radius 3 is 2.75 bits per heavy atom. The summed E-state index contributed by atoms with van der Waals surface area (Å²) in [5.41, 5.74) is -0.430. The van der Waals surface area contributed by atoms with Crippen LogP contribution in [0.25, 0.3) is 0 Å². The molecule has 2 saturated heterocycles. The quantitative estimate of drug-likeness (QED) is 0.853. The number of carbonyl (C=O) groups is 1. The molecular formula is C18H32N2O4. The SMILES string of the molecule is C[C@@H](CO[C@@H]1CCOC1)NC(=O)N1CC(C)(C)OC2(CCCC2)C1. The van der Waals surface area contributed by atoms with E-state index in [9.17, 15) is 4.79 Å². The maximum atomic E-state index is 12.7. The van der Waals surface area contributed by atoms with E-state index in [0.717, 1.165) is 25.9 Å². The molecule has 6 nitrogen and oxygen atoms in total. The lowest BCUT2D eigenvalue weighted by Crippen LogP contribution is -2.62. The third kappa shape index (κ3) is 4.41. The predicted molar refractivity (Wildman–Crippen MR) is 91.1 cm³/mol. The Kier molecular flexibility index (Phi) is 5.37. The molecule has 1 N–H and O–H groups in total. The van der Waals surface area contributed by atoms with Crippen LogP contribution in [0.15, 0.2) is 0 Å². The van der Waals surface area contributed by atoms with Crippen LogP contribution in [0.3, 0.4) is 0 Å². The first-order valence-corrected chi connectivity index (χ1v) is 9.33. The molecule has 2 atom stereocenters. The van der Waals surface area contributed by atoms with E-state index in [1.54, 1.807) is 0 Å². The van der Waals surface area contributed by atoms with E-state index in [2.05, 4.69) is 19.2 Å². The lowest BCUT2D eigenvalue weighted by molar-refractivity contribution is -0.184. The molecule has 0 aromatic rings. The van der Waals surface area contributed by atoms with Crippen LogP contribution in [-0.2, 0) is 14.2 Å². The van der Waals surface area contributed by atoms with E-state index < -0.39 is 0 Å². The Balaban J connectivity index is 1.51. The number of nitrogens with zero attached hydrogens (tertiary/aromatic N) is 1. The van der Waals surface area contributed by atoms with Gasteiger partial charge < -0.3 is 24.4 Å². The van der Waals surface area contributed by atoms with Crippen molar-refractivity contribution >= 4 is 6.03 Å². The topological polar surface area (TPSA) is 60.0 Å². The van der Waals surface area contributed by atoms with Gasteiger partial charge in [0.15, 0.2) is 0 Å². The number of amides is 2.